The van der Waals surface area contributed by atoms with Gasteiger partial charge in [-0.1, -0.05) is 48.0 Å². The average Bonchev–Trinajstić information content (AvgIpc) is 3.23. The van der Waals surface area contributed by atoms with Crippen molar-refractivity contribution in [1.82, 2.24) is 25.1 Å². The molecule has 0 saturated heterocycles. The van der Waals surface area contributed by atoms with Crippen molar-refractivity contribution in [2.24, 2.45) is 4.99 Å². The van der Waals surface area contributed by atoms with Crippen LogP contribution in [0.1, 0.15) is 5.56 Å². The van der Waals surface area contributed by atoms with Crippen molar-refractivity contribution in [3.05, 3.63) is 89.8 Å². The SMILES string of the molecule is Clc1cccc(Nc2ncnc3n[nH]c(N=Cc4ccc(-c5ccccn5)cc4)c23)c1. The number of aromatic nitrogens is 5. The first-order valence-corrected chi connectivity index (χ1v) is 9.91. The number of hydrogen-bond donors (Lipinski definition) is 2. The summed E-state index contributed by atoms with van der Waals surface area (Å²) in [6, 6.07) is 21.3. The van der Waals surface area contributed by atoms with Gasteiger partial charge in [0.05, 0.1) is 5.69 Å². The van der Waals surface area contributed by atoms with E-state index >= 15 is 0 Å². The number of benzene rings is 2. The number of fused-ring (bicyclic) bond motifs is 1. The van der Waals surface area contributed by atoms with Crippen LogP contribution in [0.5, 0.6) is 0 Å². The number of rotatable bonds is 5. The molecule has 5 aromatic rings. The molecule has 31 heavy (non-hydrogen) atoms. The second-order valence-electron chi connectivity index (χ2n) is 6.72. The van der Waals surface area contributed by atoms with Gasteiger partial charge in [0.25, 0.3) is 0 Å². The lowest BCUT2D eigenvalue weighted by molar-refractivity contribution is 1.08. The maximum Gasteiger partial charge on any atom is 0.188 e. The lowest BCUT2D eigenvalue weighted by atomic mass is 10.1. The number of H-pyrrole nitrogens is 1. The third kappa shape index (κ3) is 4.12. The zero-order chi connectivity index (χ0) is 21.0. The predicted molar refractivity (Wildman–Crippen MR) is 123 cm³/mol. The maximum atomic E-state index is 6.09. The van der Waals surface area contributed by atoms with E-state index in [9.17, 15) is 0 Å². The first-order chi connectivity index (χ1) is 15.3. The van der Waals surface area contributed by atoms with Gasteiger partial charge < -0.3 is 5.32 Å². The molecule has 2 N–H and O–H groups in total. The molecule has 0 saturated carbocycles. The van der Waals surface area contributed by atoms with E-state index in [0.29, 0.717) is 27.7 Å². The summed E-state index contributed by atoms with van der Waals surface area (Å²) in [6.07, 6.45) is 5.01. The normalized spacial score (nSPS) is 11.3. The number of anilines is 2. The molecule has 0 radical (unpaired) electrons. The van der Waals surface area contributed by atoms with Crippen molar-refractivity contribution in [3.8, 4) is 11.3 Å². The van der Waals surface area contributed by atoms with Gasteiger partial charge >= 0.3 is 0 Å². The van der Waals surface area contributed by atoms with Gasteiger partial charge in [0.2, 0.25) is 0 Å². The number of aliphatic imine (C=N–C) groups is 1. The van der Waals surface area contributed by atoms with Crippen molar-refractivity contribution < 1.29 is 0 Å². The van der Waals surface area contributed by atoms with E-state index in [0.717, 1.165) is 22.5 Å². The van der Waals surface area contributed by atoms with E-state index in [1.165, 1.54) is 6.33 Å². The molecule has 0 aliphatic carbocycles. The Morgan fingerprint density at radius 1 is 0.935 bits per heavy atom. The van der Waals surface area contributed by atoms with Crippen LogP contribution in [-0.4, -0.2) is 31.4 Å². The number of hydrogen-bond acceptors (Lipinski definition) is 6. The number of nitrogens with zero attached hydrogens (tertiary/aromatic N) is 5. The number of halogens is 1. The molecular formula is C23H16ClN7. The van der Waals surface area contributed by atoms with Crippen LogP contribution in [0.25, 0.3) is 22.3 Å². The first-order valence-electron chi connectivity index (χ1n) is 9.53. The van der Waals surface area contributed by atoms with Crippen LogP contribution in [0.2, 0.25) is 5.02 Å². The Morgan fingerprint density at radius 2 is 1.84 bits per heavy atom. The van der Waals surface area contributed by atoms with Crippen molar-refractivity contribution in [3.63, 3.8) is 0 Å². The van der Waals surface area contributed by atoms with E-state index in [4.69, 9.17) is 11.6 Å². The molecule has 0 amide bonds. The summed E-state index contributed by atoms with van der Waals surface area (Å²) in [5, 5.41) is 11.8. The van der Waals surface area contributed by atoms with Crippen LogP contribution in [0.4, 0.5) is 17.3 Å². The molecule has 0 spiro atoms. The highest BCUT2D eigenvalue weighted by Gasteiger charge is 2.12. The van der Waals surface area contributed by atoms with E-state index < -0.39 is 0 Å². The highest BCUT2D eigenvalue weighted by Crippen LogP contribution is 2.30. The van der Waals surface area contributed by atoms with Crippen LogP contribution >= 0.6 is 11.6 Å². The Balaban J connectivity index is 1.43. The summed E-state index contributed by atoms with van der Waals surface area (Å²) in [5.41, 5.74) is 4.26. The Kier molecular flexibility index (Phi) is 5.08. The fraction of sp³-hybridized carbons (Fsp3) is 0. The van der Waals surface area contributed by atoms with Crippen LogP contribution in [0, 0.1) is 0 Å². The average molecular weight is 426 g/mol. The van der Waals surface area contributed by atoms with Gasteiger partial charge in [-0.15, -0.1) is 0 Å². The van der Waals surface area contributed by atoms with Gasteiger partial charge in [0.15, 0.2) is 11.5 Å². The number of pyridine rings is 1. The van der Waals surface area contributed by atoms with E-state index in [1.54, 1.807) is 12.4 Å². The quantitative estimate of drug-likeness (QED) is 0.359. The first kappa shape index (κ1) is 18.9. The Labute approximate surface area is 182 Å². The smallest absolute Gasteiger partial charge is 0.188 e. The number of nitrogens with one attached hydrogen (secondary N) is 2. The molecule has 2 aromatic carbocycles. The van der Waals surface area contributed by atoms with Crippen molar-refractivity contribution in [2.45, 2.75) is 0 Å². The molecule has 8 heteroatoms. The van der Waals surface area contributed by atoms with Gasteiger partial charge in [-0.2, -0.15) is 5.10 Å². The van der Waals surface area contributed by atoms with Crippen LogP contribution < -0.4 is 5.32 Å². The molecule has 3 aromatic heterocycles. The summed E-state index contributed by atoms with van der Waals surface area (Å²) >= 11 is 6.09. The van der Waals surface area contributed by atoms with Crippen LogP contribution in [0.3, 0.4) is 0 Å². The lowest BCUT2D eigenvalue weighted by Crippen LogP contribution is -1.95. The van der Waals surface area contributed by atoms with Crippen molar-refractivity contribution in [2.75, 3.05) is 5.32 Å². The third-order valence-electron chi connectivity index (χ3n) is 4.63. The van der Waals surface area contributed by atoms with Gasteiger partial charge in [0, 0.05) is 28.7 Å². The van der Waals surface area contributed by atoms with Crippen molar-refractivity contribution in [1.29, 1.82) is 0 Å². The zero-order valence-electron chi connectivity index (χ0n) is 16.2. The summed E-state index contributed by atoms with van der Waals surface area (Å²) in [7, 11) is 0. The highest BCUT2D eigenvalue weighted by molar-refractivity contribution is 6.30. The molecule has 0 fully saturated rings. The Hall–Kier alpha value is -4.10. The second kappa shape index (κ2) is 8.33. The summed E-state index contributed by atoms with van der Waals surface area (Å²) in [6.45, 7) is 0. The summed E-state index contributed by atoms with van der Waals surface area (Å²) < 4.78 is 0. The minimum absolute atomic E-state index is 0.525. The molecule has 5 rings (SSSR count). The monoisotopic (exact) mass is 425 g/mol. The molecule has 0 atom stereocenters. The molecule has 3 heterocycles. The molecule has 7 nitrogen and oxygen atoms in total. The van der Waals surface area contributed by atoms with Crippen molar-refractivity contribution >= 4 is 46.2 Å². The molecule has 150 valence electrons. The molecule has 0 unspecified atom stereocenters. The molecular weight excluding hydrogens is 410 g/mol. The maximum absolute atomic E-state index is 6.09. The highest BCUT2D eigenvalue weighted by atomic mass is 35.5. The second-order valence-corrected chi connectivity index (χ2v) is 7.16. The van der Waals surface area contributed by atoms with Gasteiger partial charge in [-0.05, 0) is 35.9 Å². The third-order valence-corrected chi connectivity index (χ3v) is 4.87. The van der Waals surface area contributed by atoms with Gasteiger partial charge in [0.1, 0.15) is 17.5 Å². The fourth-order valence-electron chi connectivity index (χ4n) is 3.14. The standard InChI is InChI=1S/C23H16ClN7/c24-17-4-3-5-18(12-17)29-21-20-22(30-31-23(20)28-14-27-21)26-13-15-7-9-16(10-8-15)19-6-1-2-11-25-19/h1-14H,(H2,27,28,29,30,31). The summed E-state index contributed by atoms with van der Waals surface area (Å²) in [4.78, 5) is 17.5. The topological polar surface area (TPSA) is 91.7 Å². The van der Waals surface area contributed by atoms with Gasteiger partial charge in [-0.25, -0.2) is 15.0 Å². The van der Waals surface area contributed by atoms with Gasteiger partial charge in [-0.3, -0.25) is 10.1 Å². The molecule has 0 aliphatic heterocycles. The number of aromatic amines is 1. The zero-order valence-corrected chi connectivity index (χ0v) is 17.0. The van der Waals surface area contributed by atoms with E-state index in [-0.39, 0.29) is 0 Å². The van der Waals surface area contributed by atoms with Crippen LogP contribution in [-0.2, 0) is 0 Å². The Bertz CT molecular complexity index is 1360. The minimum atomic E-state index is 0.525. The Morgan fingerprint density at radius 3 is 2.65 bits per heavy atom. The lowest BCUT2D eigenvalue weighted by Gasteiger charge is -2.06. The largest absolute Gasteiger partial charge is 0.339 e. The van der Waals surface area contributed by atoms with E-state index in [2.05, 4.69) is 35.5 Å². The fourth-order valence-corrected chi connectivity index (χ4v) is 3.33. The molecule has 0 aliphatic rings. The van der Waals surface area contributed by atoms with Crippen LogP contribution in [0.15, 0.2) is 84.2 Å². The summed E-state index contributed by atoms with van der Waals surface area (Å²) in [5.74, 6) is 1.16. The predicted octanol–water partition coefficient (Wildman–Crippen LogP) is 5.56. The molecule has 0 bridgehead atoms. The minimum Gasteiger partial charge on any atom is -0.339 e. The van der Waals surface area contributed by atoms with E-state index in [1.807, 2.05) is 66.7 Å².